The lowest BCUT2D eigenvalue weighted by Crippen LogP contribution is -2.62. The molecule has 3 amide bonds. The zero-order valence-corrected chi connectivity index (χ0v) is 40.3. The van der Waals surface area contributed by atoms with Gasteiger partial charge < -0.3 is 24.3 Å². The molecule has 6 bridgehead atoms. The fourth-order valence-corrected chi connectivity index (χ4v) is 10.8. The Morgan fingerprint density at radius 1 is 1.08 bits per heavy atom. The number of hydrazine groups is 1. The number of nitrogens with one attached hydrogen (secondary N) is 2. The predicted molar refractivity (Wildman–Crippen MR) is 254 cm³/mol. The van der Waals surface area contributed by atoms with Gasteiger partial charge in [-0.3, -0.25) is 29.2 Å². The number of sulfonamides is 1. The molecule has 5 heterocycles. The Kier molecular flexibility index (Phi) is 14.6. The highest BCUT2D eigenvalue weighted by Gasteiger charge is 2.41. The smallest absolute Gasteiger partial charge is 0.324 e. The molecule has 3 aliphatic rings. The van der Waals surface area contributed by atoms with Crippen LogP contribution in [0.25, 0.3) is 33.3 Å². The highest BCUT2D eigenvalue weighted by atomic mass is 32.2. The molecule has 7 rings (SSSR count). The summed E-state index contributed by atoms with van der Waals surface area (Å²) in [5, 5.41) is 6.37. The van der Waals surface area contributed by atoms with Gasteiger partial charge in [0.25, 0.3) is 5.91 Å². The van der Waals surface area contributed by atoms with E-state index in [0.717, 1.165) is 55.5 Å². The van der Waals surface area contributed by atoms with Crippen molar-refractivity contribution in [2.75, 3.05) is 40.4 Å². The number of amides is 3. The van der Waals surface area contributed by atoms with Crippen LogP contribution < -0.4 is 10.7 Å². The molecule has 0 aliphatic carbocycles. The molecule has 16 heteroatoms. The van der Waals surface area contributed by atoms with Gasteiger partial charge in [-0.15, -0.1) is 0 Å². The number of fused-ring (bicyclic) bond motifs is 6. The van der Waals surface area contributed by atoms with Crippen molar-refractivity contribution >= 4 is 44.6 Å². The molecule has 2 N–H and O–H groups in total. The number of nitrogens with zero attached hydrogens (tertiary/aromatic N) is 5. The molecule has 0 saturated carbocycles. The average molecular weight is 924 g/mol. The first kappa shape index (κ1) is 48.5. The Morgan fingerprint density at radius 2 is 1.83 bits per heavy atom. The fourth-order valence-electron chi connectivity index (χ4n) is 9.86. The maximum absolute atomic E-state index is 14.7. The van der Waals surface area contributed by atoms with Crippen molar-refractivity contribution < 1.29 is 37.1 Å². The summed E-state index contributed by atoms with van der Waals surface area (Å²) in [6, 6.07) is 15.6. The minimum absolute atomic E-state index is 0.0118. The summed E-state index contributed by atoms with van der Waals surface area (Å²) in [7, 11) is -0.482. The monoisotopic (exact) mass is 923 g/mol. The zero-order valence-electron chi connectivity index (χ0n) is 39.5. The van der Waals surface area contributed by atoms with E-state index in [1.54, 1.807) is 20.4 Å². The quantitative estimate of drug-likeness (QED) is 0.170. The molecule has 0 radical (unpaired) electrons. The molecule has 2 aromatic heterocycles. The molecule has 2 aromatic carbocycles. The van der Waals surface area contributed by atoms with Crippen LogP contribution in [0, 0.1) is 17.3 Å². The highest BCUT2D eigenvalue weighted by Crippen LogP contribution is 2.42. The highest BCUT2D eigenvalue weighted by molar-refractivity contribution is 7.92. The zero-order chi connectivity index (χ0) is 47.7. The summed E-state index contributed by atoms with van der Waals surface area (Å²) in [6.45, 7) is 16.6. The molecule has 2 saturated heterocycles. The number of likely N-dealkylation sites (N-methyl/N-ethyl adjacent to an activating group) is 1. The van der Waals surface area contributed by atoms with Gasteiger partial charge in [-0.25, -0.2) is 13.8 Å². The molecule has 15 nitrogen and oxygen atoms in total. The number of hydrogen-bond donors (Lipinski definition) is 2. The molecule has 5 atom stereocenters. The number of rotatable bonds is 11. The Hall–Kier alpha value is -5.42. The third-order valence-corrected chi connectivity index (χ3v) is 14.8. The van der Waals surface area contributed by atoms with Crippen LogP contribution in [0.2, 0.25) is 0 Å². The second-order valence-corrected chi connectivity index (χ2v) is 20.9. The molecule has 0 spiro atoms. The molecular formula is C50H65N7O8S. The van der Waals surface area contributed by atoms with Crippen molar-refractivity contribution in [1.29, 1.82) is 0 Å². The summed E-state index contributed by atoms with van der Waals surface area (Å²) in [4.78, 5) is 63.2. The number of ether oxygens (including phenoxy) is 2. The van der Waals surface area contributed by atoms with Gasteiger partial charge in [-0.05, 0) is 92.0 Å². The molecule has 354 valence electrons. The first-order valence-electron chi connectivity index (χ1n) is 23.0. The van der Waals surface area contributed by atoms with Gasteiger partial charge in [-0.2, -0.15) is 4.31 Å². The van der Waals surface area contributed by atoms with Gasteiger partial charge >= 0.3 is 5.97 Å². The second-order valence-electron chi connectivity index (χ2n) is 19.0. The number of aryl methyl sites for hydroxylation is 1. The summed E-state index contributed by atoms with van der Waals surface area (Å²) in [6.07, 6.45) is 3.50. The number of aromatic nitrogens is 2. The lowest BCUT2D eigenvalue weighted by Gasteiger charge is -2.37. The standard InChI is InChI=1S/C50H65N7O8S/c1-10-56-42-20-19-35-27-38(42)39(45(56)37-17-13-22-51-43(37)32(5)64-9)28-50(6,7)30-65-49(61)40-18-14-23-57(53-40)48(60)41(26-33-15-12-16-34(35)25-33)52-46(58)44(31(3)4)54(8)47(59)36-21-24-55(29-36)66(62,63)11-2/h11-13,15-17,19-20,22,25,27,31-32,36,40-41,44,53H,2,10,14,18,21,23-24,26,28-30H2,1,3-9H3,(H,52,58)/t32-,36-,40-,41-,44?/m0/s1. The molecular weight excluding hydrogens is 859 g/mol. The van der Waals surface area contributed by atoms with E-state index >= 15 is 0 Å². The lowest BCUT2D eigenvalue weighted by atomic mass is 9.84. The largest absolute Gasteiger partial charge is 0.464 e. The van der Waals surface area contributed by atoms with Crippen molar-refractivity contribution in [2.24, 2.45) is 17.3 Å². The van der Waals surface area contributed by atoms with Crippen LogP contribution >= 0.6 is 0 Å². The Morgan fingerprint density at radius 3 is 2.55 bits per heavy atom. The SMILES string of the molecule is C=CS(=O)(=O)N1CC[C@H](C(=O)N(C)C(C(=O)N[C@H]2Cc3cccc(c3)-c3ccc4c(c3)c(c(-c3cccnc3[C@H](C)OC)n4CC)CC(C)(C)COC(=O)[C@@H]3CCCN(N3)C2=O)C(C)C)C1. The minimum atomic E-state index is -3.71. The third kappa shape index (κ3) is 9.97. The molecule has 4 aromatic rings. The molecule has 3 aliphatic heterocycles. The van der Waals surface area contributed by atoms with Gasteiger partial charge in [0.15, 0.2) is 0 Å². The summed E-state index contributed by atoms with van der Waals surface area (Å²) < 4.78 is 40.5. The van der Waals surface area contributed by atoms with Crippen LogP contribution in [0.1, 0.15) is 83.7 Å². The van der Waals surface area contributed by atoms with Gasteiger partial charge in [0, 0.05) is 80.2 Å². The molecule has 1 unspecified atom stereocenters. The average Bonchev–Trinajstić information content (AvgIpc) is 3.93. The topological polar surface area (TPSA) is 172 Å². The van der Waals surface area contributed by atoms with Gasteiger partial charge in [0.1, 0.15) is 18.1 Å². The number of carbonyl (C=O) groups is 4. The van der Waals surface area contributed by atoms with Crippen molar-refractivity contribution in [2.45, 2.75) is 104 Å². The van der Waals surface area contributed by atoms with Gasteiger partial charge in [0.2, 0.25) is 21.8 Å². The second kappa shape index (κ2) is 19.8. The number of benzene rings is 2. The van der Waals surface area contributed by atoms with Gasteiger partial charge in [0.05, 0.1) is 30.0 Å². The van der Waals surface area contributed by atoms with E-state index in [1.807, 2.05) is 51.1 Å². The maximum Gasteiger partial charge on any atom is 0.324 e. The Bertz CT molecular complexity index is 2610. The van der Waals surface area contributed by atoms with E-state index < -0.39 is 57.3 Å². The van der Waals surface area contributed by atoms with Crippen molar-refractivity contribution in [3.05, 3.63) is 89.6 Å². The first-order valence-corrected chi connectivity index (χ1v) is 24.5. The van der Waals surface area contributed by atoms with E-state index in [-0.39, 0.29) is 44.0 Å². The third-order valence-electron chi connectivity index (χ3n) is 13.4. The number of pyridine rings is 1. The van der Waals surface area contributed by atoms with Crippen LogP contribution in [0.4, 0.5) is 0 Å². The number of hydrogen-bond acceptors (Lipinski definition) is 10. The van der Waals surface area contributed by atoms with Crippen molar-refractivity contribution in [3.63, 3.8) is 0 Å². The van der Waals surface area contributed by atoms with Gasteiger partial charge in [-0.1, -0.05) is 64.6 Å². The Balaban J connectivity index is 1.29. The number of esters is 1. The molecule has 66 heavy (non-hydrogen) atoms. The van der Waals surface area contributed by atoms with E-state index in [9.17, 15) is 27.6 Å². The lowest BCUT2D eigenvalue weighted by molar-refractivity contribution is -0.155. The number of carbonyl (C=O) groups excluding carboxylic acids is 4. The van der Waals surface area contributed by atoms with Crippen LogP contribution in [0.5, 0.6) is 0 Å². The summed E-state index contributed by atoms with van der Waals surface area (Å²) in [5.41, 5.74) is 10.3. The van der Waals surface area contributed by atoms with Crippen molar-refractivity contribution in [3.8, 4) is 22.4 Å². The van der Waals surface area contributed by atoms with E-state index in [1.165, 1.54) is 14.2 Å². The van der Waals surface area contributed by atoms with E-state index in [2.05, 4.69) is 66.9 Å². The van der Waals surface area contributed by atoms with Crippen LogP contribution in [-0.4, -0.2) is 114 Å². The summed E-state index contributed by atoms with van der Waals surface area (Å²) >= 11 is 0. The van der Waals surface area contributed by atoms with Crippen LogP contribution in [-0.2, 0) is 58.1 Å². The minimum Gasteiger partial charge on any atom is -0.464 e. The first-order chi connectivity index (χ1) is 31.4. The fraction of sp³-hybridized carbons (Fsp3) is 0.500. The molecule has 2 fully saturated rings. The van der Waals surface area contributed by atoms with Crippen LogP contribution in [0.15, 0.2) is 72.8 Å². The maximum atomic E-state index is 14.7. The van der Waals surface area contributed by atoms with E-state index in [0.29, 0.717) is 38.8 Å². The predicted octanol–water partition coefficient (Wildman–Crippen LogP) is 6.02. The Labute approximate surface area is 388 Å². The normalized spacial score (nSPS) is 21.5. The van der Waals surface area contributed by atoms with E-state index in [4.69, 9.17) is 14.5 Å². The number of methoxy groups -OCH3 is 1. The summed E-state index contributed by atoms with van der Waals surface area (Å²) in [5.74, 6) is -2.78. The number of cyclic esters (lactones) is 1. The van der Waals surface area contributed by atoms with Crippen LogP contribution in [0.3, 0.4) is 0 Å². The van der Waals surface area contributed by atoms with Crippen molar-refractivity contribution in [1.82, 2.24) is 34.5 Å².